The van der Waals surface area contributed by atoms with Crippen molar-refractivity contribution in [2.75, 3.05) is 72.5 Å². The predicted octanol–water partition coefficient (Wildman–Crippen LogP) is 12.7. The molecule has 1 saturated heterocycles. The number of fused-ring (bicyclic) bond motifs is 3. The average Bonchev–Trinajstić information content (AvgIpc) is 1.50. The van der Waals surface area contributed by atoms with E-state index in [0.717, 1.165) is 16.7 Å². The molecule has 1 unspecified atom stereocenters. The van der Waals surface area contributed by atoms with E-state index in [4.69, 9.17) is 84.8 Å². The number of nitrogens with zero attached hydrogens (tertiary/aromatic N) is 8. The van der Waals surface area contributed by atoms with Crippen LogP contribution in [0, 0.1) is 30.2 Å². The van der Waals surface area contributed by atoms with Gasteiger partial charge in [0.05, 0.1) is 66.0 Å². The summed E-state index contributed by atoms with van der Waals surface area (Å²) in [5.41, 5.74) is 1.67. The second kappa shape index (κ2) is 31.1. The van der Waals surface area contributed by atoms with Gasteiger partial charge in [0.1, 0.15) is 65.4 Å². The number of rotatable bonds is 30. The predicted molar refractivity (Wildman–Crippen MR) is 403 cm³/mol. The standard InChI is InChI=1S/C80H80N11O14PS/c1-49(2)73(92)88-77-87-72-66(75(94)89-77)84-47-90(72)76-69(104-80(53-23-17-12-18-24-53,56-29-37-60(97-7)38-30-56)57-31-39-61(98-8)40-32-57)68(99-9)64(103-76)45-102-106(107,101-42-41-81-4)105-67-50(3)78(91-48-85-65-70(82-46-83-71(65)91)86-74(93)51-19-13-10-14-20-51)43-63(78)62(67)44-100-79(52-21-15-11-16-22-52,54-25-33-58(95-5)34-26-54)55-27-35-59(96-6)36-28-55/h10-40,46-50,62-64,67-69,76H,41-45H2,1-3,5-9H3,(H,82,83,86,93)(H2,87,88,89,92,94)/t50-,62+,63+,64-,67+,68-,69-,76-,78-,106?/m1/s1. The van der Waals surface area contributed by atoms with Crippen molar-refractivity contribution in [1.82, 2.24) is 39.0 Å². The van der Waals surface area contributed by atoms with Crippen LogP contribution in [-0.4, -0.2) is 137 Å². The molecule has 25 nitrogen and oxygen atoms in total. The lowest BCUT2D eigenvalue weighted by Gasteiger charge is -2.40. The summed E-state index contributed by atoms with van der Waals surface area (Å²) in [6.45, 7) is 8.84. The minimum absolute atomic E-state index is 0.0505. The fourth-order valence-corrected chi connectivity index (χ4v) is 17.3. The van der Waals surface area contributed by atoms with E-state index < -0.39 is 77.4 Å². The van der Waals surface area contributed by atoms with Crippen molar-refractivity contribution < 1.29 is 61.1 Å². The Morgan fingerprint density at radius 2 is 1.19 bits per heavy atom. The maximum Gasteiger partial charge on any atom is 0.327 e. The topological polar surface area (TPSA) is 271 Å². The van der Waals surface area contributed by atoms with Gasteiger partial charge in [-0.15, -0.1) is 0 Å². The first kappa shape index (κ1) is 73.3. The number of carbonyl (C=O) groups excluding carboxylic acids is 2. The lowest BCUT2D eigenvalue weighted by Crippen LogP contribution is -2.45. The van der Waals surface area contributed by atoms with Gasteiger partial charge < -0.3 is 66.2 Å². The van der Waals surface area contributed by atoms with Gasteiger partial charge >= 0.3 is 6.72 Å². The monoisotopic (exact) mass is 1480 g/mol. The third kappa shape index (κ3) is 13.9. The zero-order chi connectivity index (χ0) is 74.6. The number of ether oxygens (including phenoxy) is 8. The van der Waals surface area contributed by atoms with Crippen LogP contribution in [0.5, 0.6) is 23.0 Å². The van der Waals surface area contributed by atoms with Crippen LogP contribution < -0.4 is 35.1 Å². The molecule has 550 valence electrons. The van der Waals surface area contributed by atoms with Crippen LogP contribution in [0.15, 0.2) is 212 Å². The largest absolute Gasteiger partial charge is 0.497 e. The van der Waals surface area contributed by atoms with E-state index in [1.165, 1.54) is 19.8 Å². The van der Waals surface area contributed by atoms with E-state index in [9.17, 15) is 14.4 Å². The third-order valence-electron chi connectivity index (χ3n) is 20.6. The molecule has 10 atom stereocenters. The Morgan fingerprint density at radius 1 is 0.654 bits per heavy atom. The van der Waals surface area contributed by atoms with Crippen molar-refractivity contribution in [2.24, 2.45) is 23.7 Å². The van der Waals surface area contributed by atoms with Crippen molar-refractivity contribution in [3.8, 4) is 23.0 Å². The van der Waals surface area contributed by atoms with Crippen molar-refractivity contribution in [3.05, 3.63) is 268 Å². The number of nitrogens with one attached hydrogen (secondary N) is 3. The molecular formula is C80H80N11O14PS. The van der Waals surface area contributed by atoms with E-state index >= 15 is 0 Å². The number of carbonyl (C=O) groups is 2. The molecule has 0 spiro atoms. The molecule has 2 saturated carbocycles. The molecule has 27 heteroatoms. The zero-order valence-electron chi connectivity index (χ0n) is 60.0. The number of imidazole rings is 2. The molecule has 0 radical (unpaired) electrons. The van der Waals surface area contributed by atoms with E-state index in [1.54, 1.807) is 77.4 Å². The lowest BCUT2D eigenvalue weighted by molar-refractivity contribution is -0.126. The summed E-state index contributed by atoms with van der Waals surface area (Å²) in [6, 6.07) is 59.3. The first-order chi connectivity index (χ1) is 52.0. The molecular weight excluding hydrogens is 1400 g/mol. The van der Waals surface area contributed by atoms with E-state index in [0.29, 0.717) is 62.8 Å². The number of aromatic amines is 1. The van der Waals surface area contributed by atoms with Gasteiger partial charge in [-0.3, -0.25) is 29.3 Å². The Balaban J connectivity index is 0.879. The molecule has 7 aromatic carbocycles. The smallest absolute Gasteiger partial charge is 0.327 e. The number of benzene rings is 7. The Hall–Kier alpha value is -10.6. The molecule has 11 aromatic rings. The number of H-pyrrole nitrogens is 1. The first-order valence-electron chi connectivity index (χ1n) is 35.0. The first-order valence-corrected chi connectivity index (χ1v) is 37.5. The van der Waals surface area contributed by atoms with Gasteiger partial charge in [0.15, 0.2) is 34.4 Å². The van der Waals surface area contributed by atoms with Gasteiger partial charge in [0.2, 0.25) is 18.4 Å². The quantitative estimate of drug-likeness (QED) is 0.0163. The fraction of sp³-hybridized carbons (Fsp3) is 0.312. The summed E-state index contributed by atoms with van der Waals surface area (Å²) >= 11 is 6.72. The van der Waals surface area contributed by atoms with Gasteiger partial charge in [-0.05, 0) is 118 Å². The van der Waals surface area contributed by atoms with Gasteiger partial charge in [-0.1, -0.05) is 148 Å². The number of hydrogen-bond acceptors (Lipinski definition) is 20. The highest BCUT2D eigenvalue weighted by atomic mass is 32.5. The normalized spacial score (nSPS) is 21.0. The van der Waals surface area contributed by atoms with Crippen LogP contribution in [0.1, 0.15) is 77.2 Å². The van der Waals surface area contributed by atoms with Crippen LogP contribution in [0.2, 0.25) is 0 Å². The summed E-state index contributed by atoms with van der Waals surface area (Å²) in [6.07, 6.45) is -0.185. The molecule has 0 bridgehead atoms. The maximum atomic E-state index is 14.1. The van der Waals surface area contributed by atoms with Gasteiger partial charge in [-0.25, -0.2) is 26.5 Å². The highest BCUT2D eigenvalue weighted by Crippen LogP contribution is 2.71. The molecule has 14 rings (SSSR count). The van der Waals surface area contributed by atoms with Gasteiger partial charge in [-0.2, -0.15) is 4.98 Å². The second-order valence-electron chi connectivity index (χ2n) is 26.7. The number of methoxy groups -OCH3 is 5. The Labute approximate surface area is 622 Å². The third-order valence-corrected chi connectivity index (χ3v) is 22.9. The molecule has 107 heavy (non-hydrogen) atoms. The minimum atomic E-state index is -4.12. The van der Waals surface area contributed by atoms with Crippen molar-refractivity contribution in [1.29, 1.82) is 0 Å². The zero-order valence-corrected chi connectivity index (χ0v) is 61.7. The number of amides is 2. The second-order valence-corrected chi connectivity index (χ2v) is 29.6. The van der Waals surface area contributed by atoms with Crippen LogP contribution in [0.3, 0.4) is 0 Å². The van der Waals surface area contributed by atoms with Gasteiger partial charge in [0.25, 0.3) is 11.5 Å². The summed E-state index contributed by atoms with van der Waals surface area (Å²) < 4.78 is 77.6. The molecule has 3 aliphatic rings. The fourth-order valence-electron chi connectivity index (χ4n) is 15.1. The van der Waals surface area contributed by atoms with Crippen molar-refractivity contribution >= 4 is 64.4 Å². The Bertz CT molecular complexity index is 5020. The van der Waals surface area contributed by atoms with Crippen LogP contribution in [0.25, 0.3) is 27.2 Å². The van der Waals surface area contributed by atoms with E-state index in [1.807, 2.05) is 164 Å². The van der Waals surface area contributed by atoms with E-state index in [2.05, 4.69) is 41.9 Å². The summed E-state index contributed by atoms with van der Waals surface area (Å²) in [5, 5.41) is 5.71. The average molecular weight is 1480 g/mol. The molecule has 3 fully saturated rings. The highest BCUT2D eigenvalue weighted by Gasteiger charge is 2.72. The lowest BCUT2D eigenvalue weighted by atomic mass is 9.79. The van der Waals surface area contributed by atoms with Crippen LogP contribution in [0.4, 0.5) is 11.8 Å². The van der Waals surface area contributed by atoms with Crippen molar-refractivity contribution in [2.45, 2.75) is 74.6 Å². The minimum Gasteiger partial charge on any atom is -0.497 e. The highest BCUT2D eigenvalue weighted by molar-refractivity contribution is 8.07. The summed E-state index contributed by atoms with van der Waals surface area (Å²) in [7, 11) is 7.97. The SMILES string of the molecule is [C-]#[N+]CCOP(=S)(OC[C@H]1O[C@@H](n2cnc3c(=O)[nH]c(NC(=O)C(C)C)nc32)[C@H](OC(c2ccccc2)(c2ccc(OC)cc2)c2ccc(OC)cc2)[C@@H]1OC)O[C@@H]1[C@@H](COC(c2ccccc2)(c2ccc(OC)cc2)c2ccc(OC)cc2)[C@@H]2C[C@@]2(n2cnc3c(NC(=O)c4ccccc4)ncnc32)[C@@H]1C. The van der Waals surface area contributed by atoms with Crippen molar-refractivity contribution in [3.63, 3.8) is 0 Å². The van der Waals surface area contributed by atoms with Crippen LogP contribution >= 0.6 is 6.72 Å². The molecule has 2 aliphatic carbocycles. The molecule has 5 heterocycles. The Kier molecular flexibility index (Phi) is 21.3. The number of hydrogen-bond donors (Lipinski definition) is 3. The number of aromatic nitrogens is 8. The Morgan fingerprint density at radius 3 is 1.73 bits per heavy atom. The number of anilines is 2. The summed E-state index contributed by atoms with van der Waals surface area (Å²) in [4.78, 5) is 71.1. The molecule has 4 aromatic heterocycles. The summed E-state index contributed by atoms with van der Waals surface area (Å²) in [5.74, 6) is 0.281. The molecule has 3 N–H and O–H groups in total. The molecule has 1 aliphatic heterocycles. The maximum absolute atomic E-state index is 14.1. The van der Waals surface area contributed by atoms with Crippen LogP contribution in [-0.2, 0) is 65.9 Å². The van der Waals surface area contributed by atoms with Gasteiger partial charge in [0, 0.05) is 30.4 Å². The van der Waals surface area contributed by atoms with E-state index in [-0.39, 0.29) is 67.0 Å². The molecule has 2 amide bonds.